The molecule has 0 unspecified atom stereocenters. The van der Waals surface area contributed by atoms with Crippen molar-refractivity contribution in [1.29, 1.82) is 0 Å². The maximum atomic E-state index is 12.6. The Morgan fingerprint density at radius 1 is 1.07 bits per heavy atom. The molecule has 28 heavy (non-hydrogen) atoms. The fraction of sp³-hybridized carbons (Fsp3) is 0.190. The summed E-state index contributed by atoms with van der Waals surface area (Å²) in [4.78, 5) is 21.3. The minimum atomic E-state index is -0.345. The molecule has 0 saturated carbocycles. The normalized spacial score (nSPS) is 10.6. The number of anilines is 3. The summed E-state index contributed by atoms with van der Waals surface area (Å²) < 4.78 is 5.81. The van der Waals surface area contributed by atoms with Gasteiger partial charge in [0.2, 0.25) is 5.95 Å². The number of ether oxygens (including phenoxy) is 1. The van der Waals surface area contributed by atoms with Crippen molar-refractivity contribution in [3.8, 4) is 5.75 Å². The predicted octanol–water partition coefficient (Wildman–Crippen LogP) is 5.22. The fourth-order valence-electron chi connectivity index (χ4n) is 2.55. The van der Waals surface area contributed by atoms with Gasteiger partial charge in [-0.1, -0.05) is 29.8 Å². The summed E-state index contributed by atoms with van der Waals surface area (Å²) in [6, 6.07) is 16.1. The Kier molecular flexibility index (Phi) is 6.11. The highest BCUT2D eigenvalue weighted by Crippen LogP contribution is 2.27. The van der Waals surface area contributed by atoms with Gasteiger partial charge in [-0.15, -0.1) is 0 Å². The Hall–Kier alpha value is -3.12. The minimum absolute atomic E-state index is 0.0282. The second kappa shape index (κ2) is 8.71. The molecule has 0 atom stereocenters. The SMILES string of the molecule is Cc1cc(C(=O)Nc2cccc(Cl)c2)nc(Nc2ccccc2OC(C)C)n1. The van der Waals surface area contributed by atoms with E-state index >= 15 is 0 Å². The van der Waals surface area contributed by atoms with Gasteiger partial charge in [0.15, 0.2) is 0 Å². The summed E-state index contributed by atoms with van der Waals surface area (Å²) >= 11 is 5.97. The number of hydrogen-bond acceptors (Lipinski definition) is 5. The van der Waals surface area contributed by atoms with E-state index in [2.05, 4.69) is 20.6 Å². The first-order valence-corrected chi connectivity index (χ1v) is 9.24. The molecule has 0 fully saturated rings. The Morgan fingerprint density at radius 2 is 1.86 bits per heavy atom. The molecule has 0 saturated heterocycles. The van der Waals surface area contributed by atoms with Crippen LogP contribution in [-0.4, -0.2) is 22.0 Å². The number of nitrogens with one attached hydrogen (secondary N) is 2. The Morgan fingerprint density at radius 3 is 2.61 bits per heavy atom. The van der Waals surface area contributed by atoms with Gasteiger partial charge in [-0.3, -0.25) is 4.79 Å². The van der Waals surface area contributed by atoms with Crippen molar-refractivity contribution in [3.63, 3.8) is 0 Å². The molecule has 1 aromatic heterocycles. The quantitative estimate of drug-likeness (QED) is 0.597. The van der Waals surface area contributed by atoms with E-state index in [1.54, 1.807) is 37.3 Å². The summed E-state index contributed by atoms with van der Waals surface area (Å²) in [6.45, 7) is 5.72. The fourth-order valence-corrected chi connectivity index (χ4v) is 2.74. The largest absolute Gasteiger partial charge is 0.489 e. The lowest BCUT2D eigenvalue weighted by Gasteiger charge is -2.15. The van der Waals surface area contributed by atoms with E-state index < -0.39 is 0 Å². The number of carbonyl (C=O) groups is 1. The highest BCUT2D eigenvalue weighted by molar-refractivity contribution is 6.30. The van der Waals surface area contributed by atoms with E-state index in [0.29, 0.717) is 28.1 Å². The van der Waals surface area contributed by atoms with E-state index in [1.165, 1.54) is 0 Å². The van der Waals surface area contributed by atoms with Crippen molar-refractivity contribution < 1.29 is 9.53 Å². The van der Waals surface area contributed by atoms with E-state index in [-0.39, 0.29) is 17.7 Å². The third-order valence-corrected chi connectivity index (χ3v) is 3.90. The van der Waals surface area contributed by atoms with Crippen LogP contribution >= 0.6 is 11.6 Å². The number of carbonyl (C=O) groups excluding carboxylic acids is 1. The number of para-hydroxylation sites is 2. The van der Waals surface area contributed by atoms with Crippen molar-refractivity contribution in [2.45, 2.75) is 26.9 Å². The molecule has 144 valence electrons. The Bertz CT molecular complexity index is 992. The molecule has 3 aromatic rings. The highest BCUT2D eigenvalue weighted by Gasteiger charge is 2.13. The van der Waals surface area contributed by atoms with Crippen molar-refractivity contribution in [1.82, 2.24) is 9.97 Å². The molecule has 6 nitrogen and oxygen atoms in total. The molecule has 0 aliphatic heterocycles. The van der Waals surface area contributed by atoms with Crippen LogP contribution in [0.4, 0.5) is 17.3 Å². The van der Waals surface area contributed by atoms with Gasteiger partial charge in [0.05, 0.1) is 11.8 Å². The number of hydrogen-bond donors (Lipinski definition) is 2. The van der Waals surface area contributed by atoms with E-state index in [1.807, 2.05) is 38.1 Å². The summed E-state index contributed by atoms with van der Waals surface area (Å²) in [5.41, 5.74) is 2.23. The topological polar surface area (TPSA) is 76.1 Å². The van der Waals surface area contributed by atoms with Gasteiger partial charge in [0, 0.05) is 16.4 Å². The monoisotopic (exact) mass is 396 g/mol. The Balaban J connectivity index is 1.83. The zero-order valence-electron chi connectivity index (χ0n) is 15.9. The van der Waals surface area contributed by atoms with Crippen molar-refractivity contribution in [2.75, 3.05) is 10.6 Å². The van der Waals surface area contributed by atoms with Gasteiger partial charge in [-0.2, -0.15) is 0 Å². The zero-order chi connectivity index (χ0) is 20.1. The van der Waals surface area contributed by atoms with Crippen LogP contribution in [0.1, 0.15) is 30.0 Å². The molecule has 7 heteroatoms. The van der Waals surface area contributed by atoms with Gasteiger partial charge in [-0.25, -0.2) is 9.97 Å². The summed E-state index contributed by atoms with van der Waals surface area (Å²) in [5.74, 6) is 0.658. The lowest BCUT2D eigenvalue weighted by molar-refractivity contribution is 0.102. The van der Waals surface area contributed by atoms with Crippen LogP contribution < -0.4 is 15.4 Å². The van der Waals surface area contributed by atoms with Crippen molar-refractivity contribution in [3.05, 3.63) is 71.0 Å². The van der Waals surface area contributed by atoms with Crippen LogP contribution in [0, 0.1) is 6.92 Å². The number of aromatic nitrogens is 2. The molecular weight excluding hydrogens is 376 g/mol. The number of nitrogens with zero attached hydrogens (tertiary/aromatic N) is 2. The highest BCUT2D eigenvalue weighted by atomic mass is 35.5. The summed E-state index contributed by atoms with van der Waals surface area (Å²) in [5, 5.41) is 6.47. The van der Waals surface area contributed by atoms with Crippen molar-refractivity contribution in [2.24, 2.45) is 0 Å². The van der Waals surface area contributed by atoms with Gasteiger partial charge in [0.1, 0.15) is 11.4 Å². The van der Waals surface area contributed by atoms with Crippen LogP contribution in [0.5, 0.6) is 5.75 Å². The lowest BCUT2D eigenvalue weighted by atomic mass is 10.2. The van der Waals surface area contributed by atoms with Gasteiger partial charge < -0.3 is 15.4 Å². The Labute approximate surface area is 168 Å². The smallest absolute Gasteiger partial charge is 0.274 e. The van der Waals surface area contributed by atoms with Crippen LogP contribution in [0.15, 0.2) is 54.6 Å². The number of halogens is 1. The average Bonchev–Trinajstić information content (AvgIpc) is 2.62. The molecule has 2 N–H and O–H groups in total. The number of amides is 1. The molecule has 0 bridgehead atoms. The van der Waals surface area contributed by atoms with Crippen LogP contribution in [-0.2, 0) is 0 Å². The lowest BCUT2D eigenvalue weighted by Crippen LogP contribution is -2.15. The van der Waals surface area contributed by atoms with Gasteiger partial charge in [-0.05, 0) is 57.2 Å². The first-order chi connectivity index (χ1) is 13.4. The number of aryl methyl sites for hydroxylation is 1. The molecule has 1 heterocycles. The molecule has 0 radical (unpaired) electrons. The molecule has 2 aromatic carbocycles. The second-order valence-electron chi connectivity index (χ2n) is 6.47. The maximum Gasteiger partial charge on any atom is 0.274 e. The third kappa shape index (κ3) is 5.20. The first kappa shape index (κ1) is 19.6. The summed E-state index contributed by atoms with van der Waals surface area (Å²) in [6.07, 6.45) is 0.0282. The molecular formula is C21H21ClN4O2. The minimum Gasteiger partial charge on any atom is -0.489 e. The summed E-state index contributed by atoms with van der Waals surface area (Å²) in [7, 11) is 0. The predicted molar refractivity (Wildman–Crippen MR) is 112 cm³/mol. The third-order valence-electron chi connectivity index (χ3n) is 3.67. The molecule has 3 rings (SSSR count). The number of benzene rings is 2. The van der Waals surface area contributed by atoms with Gasteiger partial charge >= 0.3 is 0 Å². The van der Waals surface area contributed by atoms with Gasteiger partial charge in [0.25, 0.3) is 5.91 Å². The van der Waals surface area contributed by atoms with E-state index in [4.69, 9.17) is 16.3 Å². The first-order valence-electron chi connectivity index (χ1n) is 8.86. The average molecular weight is 397 g/mol. The zero-order valence-corrected chi connectivity index (χ0v) is 16.6. The maximum absolute atomic E-state index is 12.6. The van der Waals surface area contributed by atoms with Crippen LogP contribution in [0.25, 0.3) is 0 Å². The van der Waals surface area contributed by atoms with Crippen LogP contribution in [0.2, 0.25) is 5.02 Å². The molecule has 0 aliphatic rings. The number of rotatable bonds is 6. The standard InChI is InChI=1S/C21H21ClN4O2/c1-13(2)28-19-10-5-4-9-17(19)25-21-23-14(3)11-18(26-21)20(27)24-16-8-6-7-15(22)12-16/h4-13H,1-3H3,(H,24,27)(H,23,25,26). The van der Waals surface area contributed by atoms with Crippen LogP contribution in [0.3, 0.4) is 0 Å². The molecule has 1 amide bonds. The second-order valence-corrected chi connectivity index (χ2v) is 6.91. The molecule has 0 spiro atoms. The van der Waals surface area contributed by atoms with E-state index in [9.17, 15) is 4.79 Å². The van der Waals surface area contributed by atoms with E-state index in [0.717, 1.165) is 5.69 Å². The van der Waals surface area contributed by atoms with Crippen molar-refractivity contribution >= 4 is 34.8 Å². The molecule has 0 aliphatic carbocycles.